The van der Waals surface area contributed by atoms with Crippen molar-refractivity contribution >= 4 is 12.1 Å². The molecule has 0 aromatic carbocycles. The van der Waals surface area contributed by atoms with Crippen LogP contribution in [-0.4, -0.2) is 54.0 Å². The van der Waals surface area contributed by atoms with Crippen LogP contribution < -0.4 is 0 Å². The van der Waals surface area contributed by atoms with Crippen LogP contribution in [0.4, 0.5) is 4.79 Å². The van der Waals surface area contributed by atoms with Gasteiger partial charge in [-0.25, -0.2) is 4.79 Å². The van der Waals surface area contributed by atoms with Gasteiger partial charge in [-0.2, -0.15) is 0 Å². The third-order valence-corrected chi connectivity index (χ3v) is 3.24. The van der Waals surface area contributed by atoms with Crippen molar-refractivity contribution in [1.82, 2.24) is 4.90 Å². The molecule has 116 valence electrons. The van der Waals surface area contributed by atoms with E-state index in [0.717, 1.165) is 0 Å². The summed E-state index contributed by atoms with van der Waals surface area (Å²) in [4.78, 5) is 25.6. The fourth-order valence-electron chi connectivity index (χ4n) is 2.26. The number of hydrogen-bond donors (Lipinski definition) is 1. The quantitative estimate of drug-likeness (QED) is 0.797. The lowest BCUT2D eigenvalue weighted by Gasteiger charge is -2.40. The van der Waals surface area contributed by atoms with Crippen molar-refractivity contribution in [2.24, 2.45) is 5.41 Å². The number of ether oxygens (including phenoxy) is 2. The molecule has 6 nitrogen and oxygen atoms in total. The van der Waals surface area contributed by atoms with Crippen LogP contribution in [0.5, 0.6) is 0 Å². The highest BCUT2D eigenvalue weighted by Crippen LogP contribution is 2.31. The van der Waals surface area contributed by atoms with Crippen molar-refractivity contribution in [2.45, 2.75) is 46.1 Å². The summed E-state index contributed by atoms with van der Waals surface area (Å²) in [7, 11) is 0. The zero-order valence-corrected chi connectivity index (χ0v) is 12.8. The van der Waals surface area contributed by atoms with Crippen LogP contribution in [0.15, 0.2) is 0 Å². The zero-order valence-electron chi connectivity index (χ0n) is 12.8. The molecule has 1 aliphatic heterocycles. The van der Waals surface area contributed by atoms with E-state index in [1.165, 1.54) is 4.90 Å². The maximum atomic E-state index is 12.1. The van der Waals surface area contributed by atoms with E-state index < -0.39 is 23.1 Å². The smallest absolute Gasteiger partial charge is 0.410 e. The molecule has 20 heavy (non-hydrogen) atoms. The summed E-state index contributed by atoms with van der Waals surface area (Å²) in [5, 5.41) is 9.59. The van der Waals surface area contributed by atoms with E-state index in [1.54, 1.807) is 27.7 Å². The fourth-order valence-corrected chi connectivity index (χ4v) is 2.26. The number of aliphatic hydroxyl groups excluding tert-OH is 1. The Morgan fingerprint density at radius 3 is 2.50 bits per heavy atom. The lowest BCUT2D eigenvalue weighted by Crippen LogP contribution is -2.53. The summed E-state index contributed by atoms with van der Waals surface area (Å²) in [5.74, 6) is -0.448. The Morgan fingerprint density at radius 2 is 2.00 bits per heavy atom. The first-order chi connectivity index (χ1) is 9.24. The second-order valence-electron chi connectivity index (χ2n) is 6.16. The third-order valence-electron chi connectivity index (χ3n) is 3.24. The molecule has 0 saturated carbocycles. The largest absolute Gasteiger partial charge is 0.465 e. The van der Waals surface area contributed by atoms with Gasteiger partial charge < -0.3 is 19.5 Å². The van der Waals surface area contributed by atoms with Crippen LogP contribution in [0.25, 0.3) is 0 Å². The Labute approximate surface area is 120 Å². The Bertz CT molecular complexity index is 363. The van der Waals surface area contributed by atoms with Crippen molar-refractivity contribution < 1.29 is 24.2 Å². The average molecular weight is 287 g/mol. The topological polar surface area (TPSA) is 76.1 Å². The van der Waals surface area contributed by atoms with E-state index >= 15 is 0 Å². The summed E-state index contributed by atoms with van der Waals surface area (Å²) in [6, 6.07) is 0. The lowest BCUT2D eigenvalue weighted by molar-refractivity contribution is -0.161. The minimum absolute atomic E-state index is 0.136. The molecule has 6 heteroatoms. The van der Waals surface area contributed by atoms with Crippen LogP contribution in [0, 0.1) is 5.41 Å². The lowest BCUT2D eigenvalue weighted by atomic mass is 9.80. The molecule has 1 atom stereocenters. The molecule has 1 amide bonds. The van der Waals surface area contributed by atoms with E-state index in [4.69, 9.17) is 9.47 Å². The third kappa shape index (κ3) is 4.10. The van der Waals surface area contributed by atoms with Gasteiger partial charge in [-0.1, -0.05) is 0 Å². The van der Waals surface area contributed by atoms with E-state index in [2.05, 4.69) is 0 Å². The van der Waals surface area contributed by atoms with Gasteiger partial charge in [-0.15, -0.1) is 0 Å². The molecule has 1 saturated heterocycles. The van der Waals surface area contributed by atoms with Crippen LogP contribution in [-0.2, 0) is 14.3 Å². The highest BCUT2D eigenvalue weighted by atomic mass is 16.6. The van der Waals surface area contributed by atoms with Gasteiger partial charge in [0.05, 0.1) is 13.2 Å². The molecular formula is C14H25NO5. The molecule has 0 aliphatic carbocycles. The van der Waals surface area contributed by atoms with Crippen LogP contribution in [0.3, 0.4) is 0 Å². The molecule has 1 unspecified atom stereocenters. The number of carbonyl (C=O) groups is 2. The van der Waals surface area contributed by atoms with E-state index in [0.29, 0.717) is 19.4 Å². The van der Waals surface area contributed by atoms with Gasteiger partial charge >= 0.3 is 12.1 Å². The number of nitrogens with zero attached hydrogens (tertiary/aromatic N) is 1. The predicted molar refractivity (Wildman–Crippen MR) is 73.2 cm³/mol. The maximum Gasteiger partial charge on any atom is 0.410 e. The number of piperidine rings is 1. The summed E-state index contributed by atoms with van der Waals surface area (Å²) in [5.41, 5.74) is -1.61. The normalized spacial score (nSPS) is 23.4. The number of aliphatic hydroxyl groups is 1. The zero-order chi connectivity index (χ0) is 15.4. The van der Waals surface area contributed by atoms with Gasteiger partial charge in [0.15, 0.2) is 0 Å². The number of carbonyl (C=O) groups excluding carboxylic acids is 2. The maximum absolute atomic E-state index is 12.1. The molecule has 0 radical (unpaired) electrons. The molecule has 0 aromatic heterocycles. The first-order valence-corrected chi connectivity index (χ1v) is 7.00. The number of amides is 1. The Morgan fingerprint density at radius 1 is 1.35 bits per heavy atom. The SMILES string of the molecule is CCOC(=O)C1(CO)CCCN(C(=O)OC(C)(C)C)C1. The average Bonchev–Trinajstić information content (AvgIpc) is 2.37. The predicted octanol–water partition coefficient (Wildman–Crippen LogP) is 1.56. The van der Waals surface area contributed by atoms with Gasteiger partial charge in [-0.3, -0.25) is 4.79 Å². The summed E-state index contributed by atoms with van der Waals surface area (Å²) < 4.78 is 10.3. The van der Waals surface area contributed by atoms with Gasteiger partial charge in [0.1, 0.15) is 11.0 Å². The Kier molecular flexibility index (Phi) is 5.39. The molecule has 0 spiro atoms. The van der Waals surface area contributed by atoms with E-state index in [9.17, 15) is 14.7 Å². The molecular weight excluding hydrogens is 262 g/mol. The summed E-state index contributed by atoms with van der Waals surface area (Å²) in [6.45, 7) is 7.68. The van der Waals surface area contributed by atoms with Crippen molar-refractivity contribution in [3.8, 4) is 0 Å². The van der Waals surface area contributed by atoms with E-state index in [-0.39, 0.29) is 19.8 Å². The second kappa shape index (κ2) is 6.43. The number of likely N-dealkylation sites (tertiary alicyclic amines) is 1. The second-order valence-corrected chi connectivity index (χ2v) is 6.16. The summed E-state index contributed by atoms with van der Waals surface area (Å²) in [6.07, 6.45) is 0.694. The molecule has 1 rings (SSSR count). The monoisotopic (exact) mass is 287 g/mol. The van der Waals surface area contributed by atoms with Gasteiger partial charge in [-0.05, 0) is 40.5 Å². The highest BCUT2D eigenvalue weighted by molar-refractivity contribution is 5.79. The Hall–Kier alpha value is -1.30. The van der Waals surface area contributed by atoms with Crippen molar-refractivity contribution in [2.75, 3.05) is 26.3 Å². The van der Waals surface area contributed by atoms with Crippen molar-refractivity contribution in [1.29, 1.82) is 0 Å². The minimum Gasteiger partial charge on any atom is -0.465 e. The first-order valence-electron chi connectivity index (χ1n) is 7.00. The molecule has 0 aromatic rings. The van der Waals surface area contributed by atoms with Crippen molar-refractivity contribution in [3.05, 3.63) is 0 Å². The van der Waals surface area contributed by atoms with E-state index in [1.807, 2.05) is 0 Å². The number of hydrogen-bond acceptors (Lipinski definition) is 5. The van der Waals surface area contributed by atoms with Crippen LogP contribution >= 0.6 is 0 Å². The molecule has 1 heterocycles. The van der Waals surface area contributed by atoms with Gasteiger partial charge in [0.25, 0.3) is 0 Å². The number of esters is 1. The molecule has 1 fully saturated rings. The van der Waals surface area contributed by atoms with Gasteiger partial charge in [0, 0.05) is 13.1 Å². The summed E-state index contributed by atoms with van der Waals surface area (Å²) >= 11 is 0. The standard InChI is InChI=1S/C14H25NO5/c1-5-19-11(17)14(10-16)7-6-8-15(9-14)12(18)20-13(2,3)4/h16H,5-10H2,1-4H3. The molecule has 0 bridgehead atoms. The number of rotatable bonds is 3. The van der Waals surface area contributed by atoms with Crippen LogP contribution in [0.2, 0.25) is 0 Å². The first kappa shape index (κ1) is 16.8. The minimum atomic E-state index is -1.02. The van der Waals surface area contributed by atoms with Gasteiger partial charge in [0.2, 0.25) is 0 Å². The highest BCUT2D eigenvalue weighted by Gasteiger charge is 2.45. The van der Waals surface area contributed by atoms with Crippen molar-refractivity contribution in [3.63, 3.8) is 0 Å². The molecule has 1 N–H and O–H groups in total. The van der Waals surface area contributed by atoms with Crippen LogP contribution in [0.1, 0.15) is 40.5 Å². The molecule has 1 aliphatic rings. The fraction of sp³-hybridized carbons (Fsp3) is 0.857. The Balaban J connectivity index is 2.78.